The van der Waals surface area contributed by atoms with E-state index in [9.17, 15) is 22.7 Å². The molecule has 0 bridgehead atoms. The van der Waals surface area contributed by atoms with Crippen LogP contribution in [0.1, 0.15) is 23.2 Å². The van der Waals surface area contributed by atoms with E-state index >= 15 is 0 Å². The summed E-state index contributed by atoms with van der Waals surface area (Å²) in [6.07, 6.45) is -4.11. The highest BCUT2D eigenvalue weighted by Gasteiger charge is 2.33. The smallest absolute Gasteiger partial charge is 0.434 e. The van der Waals surface area contributed by atoms with Crippen molar-refractivity contribution in [2.24, 2.45) is 4.99 Å². The van der Waals surface area contributed by atoms with Gasteiger partial charge in [0, 0.05) is 24.9 Å². The number of rotatable bonds is 6. The Morgan fingerprint density at radius 2 is 2.08 bits per heavy atom. The second-order valence-electron chi connectivity index (χ2n) is 5.28. The average Bonchev–Trinajstić information content (AvgIpc) is 3.05. The van der Waals surface area contributed by atoms with Gasteiger partial charge in [0.05, 0.1) is 11.6 Å². The highest BCUT2D eigenvalue weighted by molar-refractivity contribution is 7.09. The molecule has 0 atom stereocenters. The van der Waals surface area contributed by atoms with Crippen molar-refractivity contribution < 1.29 is 22.7 Å². The lowest BCUT2D eigenvalue weighted by atomic mass is 10.2. The molecular formula is C16H18F4N4OS. The van der Waals surface area contributed by atoms with Crippen molar-refractivity contribution in [2.45, 2.75) is 26.1 Å². The Balaban J connectivity index is 1.90. The molecule has 1 aromatic carbocycles. The summed E-state index contributed by atoms with van der Waals surface area (Å²) in [5, 5.41) is 16.5. The lowest BCUT2D eigenvalue weighted by Crippen LogP contribution is -2.38. The fourth-order valence-corrected chi connectivity index (χ4v) is 2.81. The largest absolute Gasteiger partial charge is 0.505 e. The Morgan fingerprint density at radius 1 is 1.31 bits per heavy atom. The van der Waals surface area contributed by atoms with Gasteiger partial charge in [0.1, 0.15) is 0 Å². The number of aromatic nitrogens is 1. The summed E-state index contributed by atoms with van der Waals surface area (Å²) in [5.74, 6) is -0.696. The summed E-state index contributed by atoms with van der Waals surface area (Å²) in [5.41, 5.74) is -0.306. The normalized spacial score (nSPS) is 12.3. The maximum Gasteiger partial charge on any atom is 0.434 e. The van der Waals surface area contributed by atoms with Crippen molar-refractivity contribution in [1.82, 2.24) is 15.6 Å². The average molecular weight is 390 g/mol. The van der Waals surface area contributed by atoms with Crippen LogP contribution in [0.15, 0.2) is 28.6 Å². The van der Waals surface area contributed by atoms with Crippen LogP contribution in [-0.4, -0.2) is 29.1 Å². The first-order valence-electron chi connectivity index (χ1n) is 7.80. The van der Waals surface area contributed by atoms with E-state index in [1.807, 2.05) is 6.92 Å². The van der Waals surface area contributed by atoms with Crippen molar-refractivity contribution in [3.63, 3.8) is 0 Å². The van der Waals surface area contributed by atoms with Crippen LogP contribution < -0.4 is 10.6 Å². The predicted molar refractivity (Wildman–Crippen MR) is 91.7 cm³/mol. The number of hydrogen-bond acceptors (Lipinski definition) is 4. The van der Waals surface area contributed by atoms with Gasteiger partial charge in [-0.2, -0.15) is 13.2 Å². The van der Waals surface area contributed by atoms with E-state index in [1.54, 1.807) is 6.07 Å². The van der Waals surface area contributed by atoms with Gasteiger partial charge in [0.2, 0.25) is 0 Å². The molecule has 0 spiro atoms. The Hall–Kier alpha value is -2.36. The molecule has 26 heavy (non-hydrogen) atoms. The van der Waals surface area contributed by atoms with Gasteiger partial charge in [0.25, 0.3) is 0 Å². The van der Waals surface area contributed by atoms with Gasteiger partial charge in [0.15, 0.2) is 23.2 Å². The number of alkyl halides is 3. The molecule has 142 valence electrons. The third-order valence-electron chi connectivity index (χ3n) is 3.25. The van der Waals surface area contributed by atoms with E-state index < -0.39 is 23.4 Å². The Bertz CT molecular complexity index is 761. The van der Waals surface area contributed by atoms with Crippen molar-refractivity contribution in [3.8, 4) is 5.75 Å². The second-order valence-corrected chi connectivity index (χ2v) is 6.22. The van der Waals surface area contributed by atoms with Crippen molar-refractivity contribution in [3.05, 3.63) is 45.7 Å². The van der Waals surface area contributed by atoms with E-state index in [0.717, 1.165) is 16.7 Å². The highest BCUT2D eigenvalue weighted by atomic mass is 32.1. The molecule has 10 heteroatoms. The molecule has 5 nitrogen and oxygen atoms in total. The number of halogens is 4. The van der Waals surface area contributed by atoms with E-state index in [0.29, 0.717) is 36.0 Å². The van der Waals surface area contributed by atoms with Gasteiger partial charge >= 0.3 is 6.18 Å². The molecule has 0 saturated carbocycles. The number of guanidine groups is 1. The Labute approximate surface area is 151 Å². The standard InChI is InChI=1S/C16H18F4N4OS/c1-2-21-15(23-8-10-3-4-12(25)11(17)7-10)22-6-5-14-24-13(9-26-14)16(18,19)20/h3-4,7,9,25H,2,5-6,8H2,1H3,(H2,21,22,23). The zero-order valence-electron chi connectivity index (χ0n) is 13.9. The molecule has 0 aliphatic heterocycles. The lowest BCUT2D eigenvalue weighted by Gasteiger charge is -2.10. The molecule has 2 aromatic rings. The predicted octanol–water partition coefficient (Wildman–Crippen LogP) is 3.30. The molecule has 0 unspecified atom stereocenters. The number of aromatic hydroxyl groups is 1. The van der Waals surface area contributed by atoms with Crippen LogP contribution in [0, 0.1) is 5.82 Å². The third-order valence-corrected chi connectivity index (χ3v) is 4.16. The maximum atomic E-state index is 13.3. The Kier molecular flexibility index (Phi) is 6.78. The quantitative estimate of drug-likeness (QED) is 0.402. The van der Waals surface area contributed by atoms with Crippen LogP contribution in [0.25, 0.3) is 0 Å². The minimum absolute atomic E-state index is 0.183. The fraction of sp³-hybridized carbons (Fsp3) is 0.375. The molecule has 0 aliphatic carbocycles. The number of phenols is 1. The number of benzene rings is 1. The SMILES string of the molecule is CCNC(=NCc1ccc(O)c(F)c1)NCCc1nc(C(F)(F)F)cs1. The summed E-state index contributed by atoms with van der Waals surface area (Å²) in [7, 11) is 0. The number of nitrogens with one attached hydrogen (secondary N) is 2. The summed E-state index contributed by atoms with van der Waals surface area (Å²) in [6, 6.07) is 4.00. The molecule has 2 rings (SSSR count). The highest BCUT2D eigenvalue weighted by Crippen LogP contribution is 2.30. The lowest BCUT2D eigenvalue weighted by molar-refractivity contribution is -0.140. The summed E-state index contributed by atoms with van der Waals surface area (Å²) in [4.78, 5) is 7.84. The molecule has 0 fully saturated rings. The summed E-state index contributed by atoms with van der Waals surface area (Å²) < 4.78 is 50.9. The van der Waals surface area contributed by atoms with Gasteiger partial charge in [-0.25, -0.2) is 14.4 Å². The summed E-state index contributed by atoms with van der Waals surface area (Å²) in [6.45, 7) is 2.99. The molecule has 0 radical (unpaired) electrons. The van der Waals surface area contributed by atoms with E-state index in [-0.39, 0.29) is 6.54 Å². The van der Waals surface area contributed by atoms with Gasteiger partial charge < -0.3 is 15.7 Å². The first-order chi connectivity index (χ1) is 12.3. The van der Waals surface area contributed by atoms with E-state index in [1.165, 1.54) is 12.1 Å². The van der Waals surface area contributed by atoms with Crippen molar-refractivity contribution >= 4 is 17.3 Å². The minimum Gasteiger partial charge on any atom is -0.505 e. The van der Waals surface area contributed by atoms with Crippen LogP contribution in [0.3, 0.4) is 0 Å². The number of phenolic OH excluding ortho intramolecular Hbond substituents is 1. The van der Waals surface area contributed by atoms with Gasteiger partial charge in [-0.1, -0.05) is 6.07 Å². The topological polar surface area (TPSA) is 69.5 Å². The van der Waals surface area contributed by atoms with Crippen LogP contribution in [0.2, 0.25) is 0 Å². The molecule has 1 aromatic heterocycles. The summed E-state index contributed by atoms with van der Waals surface area (Å²) >= 11 is 0.958. The van der Waals surface area contributed by atoms with E-state index in [4.69, 9.17) is 0 Å². The molecule has 0 aliphatic rings. The molecule has 0 amide bonds. The molecular weight excluding hydrogens is 372 g/mol. The maximum absolute atomic E-state index is 13.3. The molecule has 0 saturated heterocycles. The zero-order chi connectivity index (χ0) is 19.2. The minimum atomic E-state index is -4.43. The number of hydrogen-bond donors (Lipinski definition) is 3. The van der Waals surface area contributed by atoms with Gasteiger partial charge in [-0.05, 0) is 24.6 Å². The monoisotopic (exact) mass is 390 g/mol. The third kappa shape index (κ3) is 5.87. The number of aliphatic imine (C=N–C) groups is 1. The van der Waals surface area contributed by atoms with Crippen LogP contribution in [0.5, 0.6) is 5.75 Å². The van der Waals surface area contributed by atoms with E-state index in [2.05, 4.69) is 20.6 Å². The molecule has 1 heterocycles. The molecule has 3 N–H and O–H groups in total. The first kappa shape index (κ1) is 20.0. The fourth-order valence-electron chi connectivity index (χ4n) is 2.00. The van der Waals surface area contributed by atoms with Crippen molar-refractivity contribution in [2.75, 3.05) is 13.1 Å². The first-order valence-corrected chi connectivity index (χ1v) is 8.68. The Morgan fingerprint density at radius 3 is 2.69 bits per heavy atom. The van der Waals surface area contributed by atoms with Crippen LogP contribution in [-0.2, 0) is 19.1 Å². The number of nitrogens with zero attached hydrogens (tertiary/aromatic N) is 2. The van der Waals surface area contributed by atoms with Gasteiger partial charge in [-0.3, -0.25) is 0 Å². The number of thiazole rings is 1. The zero-order valence-corrected chi connectivity index (χ0v) is 14.7. The van der Waals surface area contributed by atoms with Crippen LogP contribution >= 0.6 is 11.3 Å². The van der Waals surface area contributed by atoms with Crippen molar-refractivity contribution in [1.29, 1.82) is 0 Å². The van der Waals surface area contributed by atoms with Gasteiger partial charge in [-0.15, -0.1) is 11.3 Å². The van der Waals surface area contributed by atoms with Crippen LogP contribution in [0.4, 0.5) is 17.6 Å². The second kappa shape index (κ2) is 8.84.